The van der Waals surface area contributed by atoms with Crippen LogP contribution in [0.4, 0.5) is 10.5 Å². The van der Waals surface area contributed by atoms with Crippen molar-refractivity contribution in [2.24, 2.45) is 0 Å². The van der Waals surface area contributed by atoms with Gasteiger partial charge in [0.1, 0.15) is 6.61 Å². The maximum atomic E-state index is 13.2. The Kier molecular flexibility index (Phi) is 8.58. The van der Waals surface area contributed by atoms with E-state index in [0.29, 0.717) is 0 Å². The number of carbonyl (C=O) groups excluding carboxylic acids is 1. The van der Waals surface area contributed by atoms with Crippen molar-refractivity contribution in [2.75, 3.05) is 5.32 Å². The van der Waals surface area contributed by atoms with E-state index < -0.39 is 0 Å². The van der Waals surface area contributed by atoms with Gasteiger partial charge in [0.2, 0.25) is 0 Å². The van der Waals surface area contributed by atoms with Crippen LogP contribution in [0.5, 0.6) is 0 Å². The van der Waals surface area contributed by atoms with Crippen LogP contribution in [0.2, 0.25) is 0 Å². The minimum Gasteiger partial charge on any atom is -0.445 e. The van der Waals surface area contributed by atoms with Crippen molar-refractivity contribution in [1.82, 2.24) is 4.90 Å². The van der Waals surface area contributed by atoms with Crippen molar-refractivity contribution >= 4 is 46.0 Å². The predicted octanol–water partition coefficient (Wildman–Crippen LogP) is 8.46. The van der Waals surface area contributed by atoms with Gasteiger partial charge in [0.05, 0.1) is 11.7 Å². The molecule has 1 aliphatic rings. The number of thiol groups is 1. The van der Waals surface area contributed by atoms with E-state index in [9.17, 15) is 4.79 Å². The van der Waals surface area contributed by atoms with Crippen LogP contribution in [0.3, 0.4) is 0 Å². The first kappa shape index (κ1) is 25.4. The number of hydrogen-bond acceptors (Lipinski definition) is 4. The standard InChI is InChI=1S/C29H31BrN2O2S/c1-3-25(31-26-7-5-6-8-28(26)35)21-11-9-20(10-12-21)19-34-29(33)32(24-17-18-24)27(4-2)22-13-15-23(30)16-14-22/h3,5-16,24,27,31,35H,4,17-19H2,1-2H3/b25-3-/t27-/m0/s1. The Balaban J connectivity index is 1.40. The van der Waals surface area contributed by atoms with E-state index in [4.69, 9.17) is 4.74 Å². The molecule has 0 saturated heterocycles. The molecule has 0 heterocycles. The van der Waals surface area contributed by atoms with Crippen LogP contribution in [-0.4, -0.2) is 17.0 Å². The third-order valence-corrected chi connectivity index (χ3v) is 7.14. The Morgan fingerprint density at radius 1 is 1.11 bits per heavy atom. The Hall–Kier alpha value is -2.70. The monoisotopic (exact) mass is 550 g/mol. The molecule has 4 rings (SSSR count). The van der Waals surface area contributed by atoms with Gasteiger partial charge >= 0.3 is 6.09 Å². The number of allylic oxidation sites excluding steroid dienone is 1. The molecule has 3 aromatic rings. The van der Waals surface area contributed by atoms with Gasteiger partial charge < -0.3 is 10.1 Å². The van der Waals surface area contributed by atoms with Gasteiger partial charge in [-0.25, -0.2) is 4.79 Å². The van der Waals surface area contributed by atoms with Crippen LogP contribution in [0, 0.1) is 0 Å². The highest BCUT2D eigenvalue weighted by molar-refractivity contribution is 9.10. The smallest absolute Gasteiger partial charge is 0.410 e. The van der Waals surface area contributed by atoms with E-state index in [-0.39, 0.29) is 24.8 Å². The number of benzene rings is 3. The Morgan fingerprint density at radius 2 is 1.80 bits per heavy atom. The number of para-hydroxylation sites is 1. The number of nitrogens with zero attached hydrogens (tertiary/aromatic N) is 1. The average Bonchev–Trinajstić information content (AvgIpc) is 3.71. The summed E-state index contributed by atoms with van der Waals surface area (Å²) in [5, 5.41) is 3.44. The van der Waals surface area contributed by atoms with Gasteiger partial charge in [-0.2, -0.15) is 0 Å². The van der Waals surface area contributed by atoms with Crippen molar-refractivity contribution in [3.63, 3.8) is 0 Å². The van der Waals surface area contributed by atoms with Gasteiger partial charge in [0.25, 0.3) is 0 Å². The maximum absolute atomic E-state index is 13.2. The third-order valence-electron chi connectivity index (χ3n) is 6.22. The number of ether oxygens (including phenoxy) is 1. The number of nitrogens with one attached hydrogen (secondary N) is 1. The maximum Gasteiger partial charge on any atom is 0.410 e. The lowest BCUT2D eigenvalue weighted by molar-refractivity contribution is 0.0755. The second-order valence-electron chi connectivity index (χ2n) is 8.71. The van der Waals surface area contributed by atoms with Crippen molar-refractivity contribution < 1.29 is 9.53 Å². The largest absolute Gasteiger partial charge is 0.445 e. The van der Waals surface area contributed by atoms with E-state index in [0.717, 1.165) is 56.7 Å². The van der Waals surface area contributed by atoms with E-state index in [1.165, 1.54) is 0 Å². The minimum absolute atomic E-state index is 0.0171. The molecule has 0 bridgehead atoms. The van der Waals surface area contributed by atoms with Crippen molar-refractivity contribution in [2.45, 2.75) is 56.7 Å². The van der Waals surface area contributed by atoms with E-state index >= 15 is 0 Å². The van der Waals surface area contributed by atoms with Crippen LogP contribution in [0.25, 0.3) is 5.70 Å². The number of halogens is 1. The minimum atomic E-state index is -0.243. The fourth-order valence-electron chi connectivity index (χ4n) is 4.20. The lowest BCUT2D eigenvalue weighted by Crippen LogP contribution is -2.37. The molecule has 1 fully saturated rings. The first-order valence-corrected chi connectivity index (χ1v) is 13.2. The van der Waals surface area contributed by atoms with Crippen LogP contribution in [0.15, 0.2) is 88.2 Å². The highest BCUT2D eigenvalue weighted by atomic mass is 79.9. The molecule has 1 N–H and O–H groups in total. The first-order chi connectivity index (χ1) is 17.0. The second kappa shape index (κ2) is 11.8. The summed E-state index contributed by atoms with van der Waals surface area (Å²) >= 11 is 8.02. The van der Waals surface area contributed by atoms with Crippen molar-refractivity contribution in [3.8, 4) is 0 Å². The summed E-state index contributed by atoms with van der Waals surface area (Å²) in [5.41, 5.74) is 5.10. The fraction of sp³-hybridized carbons (Fsp3) is 0.276. The number of hydrogen-bond donors (Lipinski definition) is 2. The molecule has 0 unspecified atom stereocenters. The molecular weight excluding hydrogens is 520 g/mol. The van der Waals surface area contributed by atoms with Gasteiger partial charge in [-0.15, -0.1) is 12.6 Å². The normalized spacial score (nSPS) is 14.3. The Morgan fingerprint density at radius 3 is 2.40 bits per heavy atom. The quantitative estimate of drug-likeness (QED) is 0.262. The Bertz CT molecular complexity index is 1170. The summed E-state index contributed by atoms with van der Waals surface area (Å²) in [6.07, 6.45) is 4.70. The first-order valence-electron chi connectivity index (χ1n) is 12.0. The lowest BCUT2D eigenvalue weighted by Gasteiger charge is -2.31. The molecule has 1 amide bonds. The van der Waals surface area contributed by atoms with Gasteiger partial charge in [0, 0.05) is 21.1 Å². The zero-order valence-corrected chi connectivity index (χ0v) is 22.6. The zero-order chi connectivity index (χ0) is 24.8. The second-order valence-corrected chi connectivity index (χ2v) is 10.1. The van der Waals surface area contributed by atoms with Gasteiger partial charge in [-0.05, 0) is 67.1 Å². The third kappa shape index (κ3) is 6.50. The molecule has 3 aromatic carbocycles. The summed E-state index contributed by atoms with van der Waals surface area (Å²) < 4.78 is 6.83. The molecule has 0 radical (unpaired) electrons. The average molecular weight is 552 g/mol. The molecule has 0 spiro atoms. The van der Waals surface area contributed by atoms with E-state index in [1.54, 1.807) is 0 Å². The van der Waals surface area contributed by atoms with Crippen LogP contribution in [0.1, 0.15) is 55.8 Å². The SMILES string of the molecule is C/C=C(\Nc1ccccc1S)c1ccc(COC(=O)N(C2CC2)[C@@H](CC)c2ccc(Br)cc2)cc1. The topological polar surface area (TPSA) is 41.6 Å². The molecule has 6 heteroatoms. The van der Waals surface area contributed by atoms with E-state index in [2.05, 4.69) is 52.9 Å². The summed E-state index contributed by atoms with van der Waals surface area (Å²) in [6.45, 7) is 4.37. The predicted molar refractivity (Wildman–Crippen MR) is 150 cm³/mol. The van der Waals surface area contributed by atoms with Gasteiger partial charge in [-0.3, -0.25) is 4.90 Å². The van der Waals surface area contributed by atoms with Crippen LogP contribution in [-0.2, 0) is 11.3 Å². The molecule has 35 heavy (non-hydrogen) atoms. The Labute approximate surface area is 221 Å². The molecule has 0 aliphatic heterocycles. The van der Waals surface area contributed by atoms with Crippen molar-refractivity contribution in [3.05, 3.63) is 100 Å². The molecule has 0 aromatic heterocycles. The van der Waals surface area contributed by atoms with Gasteiger partial charge in [0.15, 0.2) is 0 Å². The van der Waals surface area contributed by atoms with E-state index in [1.807, 2.05) is 78.6 Å². The summed E-state index contributed by atoms with van der Waals surface area (Å²) in [7, 11) is 0. The van der Waals surface area contributed by atoms with Crippen LogP contribution < -0.4 is 5.32 Å². The summed E-state index contributed by atoms with van der Waals surface area (Å²) in [5.74, 6) is 0. The fourth-order valence-corrected chi connectivity index (χ4v) is 4.68. The lowest BCUT2D eigenvalue weighted by atomic mass is 10.0. The highest BCUT2D eigenvalue weighted by Gasteiger charge is 2.38. The summed E-state index contributed by atoms with van der Waals surface area (Å²) in [4.78, 5) is 16.0. The molecule has 1 atom stereocenters. The number of carbonyl (C=O) groups is 1. The number of amides is 1. The molecule has 182 valence electrons. The van der Waals surface area contributed by atoms with Crippen molar-refractivity contribution in [1.29, 1.82) is 0 Å². The number of anilines is 1. The zero-order valence-electron chi connectivity index (χ0n) is 20.1. The highest BCUT2D eigenvalue weighted by Crippen LogP contribution is 2.37. The molecular formula is C29H31BrN2O2S. The molecule has 1 saturated carbocycles. The molecule has 1 aliphatic carbocycles. The van der Waals surface area contributed by atoms with Gasteiger partial charge in [-0.1, -0.05) is 77.5 Å². The summed E-state index contributed by atoms with van der Waals surface area (Å²) in [6, 6.07) is 24.5. The molecule has 4 nitrogen and oxygen atoms in total. The van der Waals surface area contributed by atoms with Crippen LogP contribution >= 0.6 is 28.6 Å². The number of rotatable bonds is 9.